The highest BCUT2D eigenvalue weighted by atomic mass is 35.5. The fraction of sp³-hybridized carbons (Fsp3) is 0.462. The minimum atomic E-state index is -0.521. The van der Waals surface area contributed by atoms with Crippen LogP contribution in [0.5, 0.6) is 5.75 Å². The van der Waals surface area contributed by atoms with Gasteiger partial charge in [0.15, 0.2) is 0 Å². The Morgan fingerprint density at radius 1 is 1.42 bits per heavy atom. The van der Waals surface area contributed by atoms with Crippen LogP contribution in [0.4, 0.5) is 4.39 Å². The highest BCUT2D eigenvalue weighted by molar-refractivity contribution is 6.30. The van der Waals surface area contributed by atoms with Gasteiger partial charge >= 0.3 is 0 Å². The minimum absolute atomic E-state index is 0.0595. The van der Waals surface area contributed by atoms with Crippen molar-refractivity contribution >= 4 is 17.5 Å². The van der Waals surface area contributed by atoms with Crippen LogP contribution in [0.3, 0.4) is 0 Å². The van der Waals surface area contributed by atoms with Crippen LogP contribution in [0.2, 0.25) is 5.02 Å². The van der Waals surface area contributed by atoms with Crippen molar-refractivity contribution in [3.8, 4) is 5.75 Å². The lowest BCUT2D eigenvalue weighted by Crippen LogP contribution is -2.46. The summed E-state index contributed by atoms with van der Waals surface area (Å²) in [4.78, 5) is 13.6. The van der Waals surface area contributed by atoms with E-state index in [0.717, 1.165) is 26.2 Å². The fourth-order valence-corrected chi connectivity index (χ4v) is 2.01. The summed E-state index contributed by atoms with van der Waals surface area (Å²) in [5.74, 6) is -0.0708. The number of piperazine rings is 1. The first kappa shape index (κ1) is 14.1. The smallest absolute Gasteiger partial charge is 0.226 e. The second kappa shape index (κ2) is 6.73. The molecule has 1 fully saturated rings. The molecule has 1 aromatic carbocycles. The summed E-state index contributed by atoms with van der Waals surface area (Å²) < 4.78 is 18.5. The zero-order chi connectivity index (χ0) is 13.7. The summed E-state index contributed by atoms with van der Waals surface area (Å²) in [6.45, 7) is 3.36. The van der Waals surface area contributed by atoms with E-state index in [-0.39, 0.29) is 17.5 Å². The largest absolute Gasteiger partial charge is 0.493 e. The number of carbonyl (C=O) groups is 1. The van der Waals surface area contributed by atoms with Crippen LogP contribution in [0, 0.1) is 5.82 Å². The Bertz CT molecular complexity index is 450. The van der Waals surface area contributed by atoms with Gasteiger partial charge in [0.1, 0.15) is 11.6 Å². The monoisotopic (exact) mass is 286 g/mol. The number of halogens is 2. The summed E-state index contributed by atoms with van der Waals surface area (Å²) in [5.41, 5.74) is 0. The second-order valence-electron chi connectivity index (χ2n) is 4.31. The molecule has 0 spiro atoms. The van der Waals surface area contributed by atoms with Crippen molar-refractivity contribution < 1.29 is 13.9 Å². The molecular weight excluding hydrogens is 271 g/mol. The maximum absolute atomic E-state index is 13.2. The van der Waals surface area contributed by atoms with Gasteiger partial charge in [-0.25, -0.2) is 4.39 Å². The lowest BCUT2D eigenvalue weighted by atomic mass is 10.3. The standard InChI is InChI=1S/C13H16ClFN2O2/c14-11-2-1-10(9-12(11)15)19-8-3-13(18)17-6-4-16-5-7-17/h1-2,9,16H,3-8H2. The molecule has 0 aromatic heterocycles. The Hall–Kier alpha value is -1.33. The molecule has 19 heavy (non-hydrogen) atoms. The summed E-state index contributed by atoms with van der Waals surface area (Å²) in [7, 11) is 0. The molecule has 1 aliphatic rings. The Kier molecular flexibility index (Phi) is 4.99. The lowest BCUT2D eigenvalue weighted by Gasteiger charge is -2.27. The molecule has 0 aliphatic carbocycles. The van der Waals surface area contributed by atoms with Gasteiger partial charge in [-0.05, 0) is 12.1 Å². The van der Waals surface area contributed by atoms with E-state index in [9.17, 15) is 9.18 Å². The first-order valence-electron chi connectivity index (χ1n) is 6.23. The summed E-state index contributed by atoms with van der Waals surface area (Å²) in [6, 6.07) is 4.24. The van der Waals surface area contributed by atoms with E-state index in [1.165, 1.54) is 12.1 Å². The fourth-order valence-electron chi connectivity index (χ4n) is 1.90. The van der Waals surface area contributed by atoms with Crippen molar-refractivity contribution in [2.24, 2.45) is 0 Å². The number of hydrogen-bond donors (Lipinski definition) is 1. The average molecular weight is 287 g/mol. The first-order chi connectivity index (χ1) is 9.16. The molecule has 0 atom stereocenters. The molecule has 1 N–H and O–H groups in total. The van der Waals surface area contributed by atoms with Crippen molar-refractivity contribution in [2.45, 2.75) is 6.42 Å². The van der Waals surface area contributed by atoms with E-state index >= 15 is 0 Å². The Labute approximate surface area is 116 Å². The van der Waals surface area contributed by atoms with Crippen LogP contribution in [0.25, 0.3) is 0 Å². The SMILES string of the molecule is O=C(CCOc1ccc(Cl)c(F)c1)N1CCNCC1. The van der Waals surface area contributed by atoms with Crippen molar-refractivity contribution in [3.05, 3.63) is 29.0 Å². The number of hydrogen-bond acceptors (Lipinski definition) is 3. The second-order valence-corrected chi connectivity index (χ2v) is 4.71. The molecule has 1 saturated heterocycles. The predicted molar refractivity (Wildman–Crippen MR) is 71.0 cm³/mol. The van der Waals surface area contributed by atoms with Crippen LogP contribution in [-0.4, -0.2) is 43.6 Å². The molecule has 4 nitrogen and oxygen atoms in total. The number of amides is 1. The summed E-state index contributed by atoms with van der Waals surface area (Å²) in [6.07, 6.45) is 0.296. The molecule has 0 bridgehead atoms. The summed E-state index contributed by atoms with van der Waals surface area (Å²) in [5, 5.41) is 3.24. The van der Waals surface area contributed by atoms with E-state index in [2.05, 4.69) is 5.32 Å². The van der Waals surface area contributed by atoms with E-state index in [4.69, 9.17) is 16.3 Å². The molecule has 0 saturated carbocycles. The lowest BCUT2D eigenvalue weighted by molar-refractivity contribution is -0.132. The first-order valence-corrected chi connectivity index (χ1v) is 6.61. The van der Waals surface area contributed by atoms with Crippen LogP contribution in [0.1, 0.15) is 6.42 Å². The number of benzene rings is 1. The zero-order valence-electron chi connectivity index (χ0n) is 10.5. The van der Waals surface area contributed by atoms with Crippen LogP contribution in [0.15, 0.2) is 18.2 Å². The third kappa shape index (κ3) is 4.08. The number of rotatable bonds is 4. The average Bonchev–Trinajstić information content (AvgIpc) is 2.43. The molecule has 6 heteroatoms. The highest BCUT2D eigenvalue weighted by Crippen LogP contribution is 2.20. The van der Waals surface area contributed by atoms with Gasteiger partial charge in [-0.15, -0.1) is 0 Å². The predicted octanol–water partition coefficient (Wildman–Crippen LogP) is 1.68. The van der Waals surface area contributed by atoms with Gasteiger partial charge in [-0.1, -0.05) is 11.6 Å². The quantitative estimate of drug-likeness (QED) is 0.916. The zero-order valence-corrected chi connectivity index (χ0v) is 11.3. The van der Waals surface area contributed by atoms with Gasteiger partial charge in [-0.3, -0.25) is 4.79 Å². The van der Waals surface area contributed by atoms with Gasteiger partial charge in [0, 0.05) is 32.2 Å². The molecule has 2 rings (SSSR count). The van der Waals surface area contributed by atoms with Crippen LogP contribution in [-0.2, 0) is 4.79 Å². The van der Waals surface area contributed by atoms with Gasteiger partial charge in [0.05, 0.1) is 18.1 Å². The van der Waals surface area contributed by atoms with E-state index in [0.29, 0.717) is 12.2 Å². The van der Waals surface area contributed by atoms with E-state index in [1.807, 2.05) is 4.90 Å². The summed E-state index contributed by atoms with van der Waals surface area (Å²) >= 11 is 5.57. The third-order valence-corrected chi connectivity index (χ3v) is 3.25. The molecule has 0 radical (unpaired) electrons. The van der Waals surface area contributed by atoms with Crippen LogP contribution >= 0.6 is 11.6 Å². The highest BCUT2D eigenvalue weighted by Gasteiger charge is 2.15. The minimum Gasteiger partial charge on any atom is -0.493 e. The number of nitrogens with one attached hydrogen (secondary N) is 1. The number of ether oxygens (including phenoxy) is 1. The van der Waals surface area contributed by atoms with Crippen molar-refractivity contribution in [1.82, 2.24) is 10.2 Å². The molecule has 104 valence electrons. The van der Waals surface area contributed by atoms with Gasteiger partial charge in [0.25, 0.3) is 0 Å². The molecule has 1 aromatic rings. The third-order valence-electron chi connectivity index (χ3n) is 2.95. The molecule has 0 unspecified atom stereocenters. The van der Waals surface area contributed by atoms with Gasteiger partial charge in [0.2, 0.25) is 5.91 Å². The van der Waals surface area contributed by atoms with E-state index in [1.54, 1.807) is 6.07 Å². The van der Waals surface area contributed by atoms with Crippen molar-refractivity contribution in [2.75, 3.05) is 32.8 Å². The normalized spacial score (nSPS) is 15.4. The Morgan fingerprint density at radius 2 is 2.16 bits per heavy atom. The van der Waals surface area contributed by atoms with Crippen molar-refractivity contribution in [3.63, 3.8) is 0 Å². The van der Waals surface area contributed by atoms with Crippen molar-refractivity contribution in [1.29, 1.82) is 0 Å². The Morgan fingerprint density at radius 3 is 2.84 bits per heavy atom. The molecular formula is C13H16ClFN2O2. The number of nitrogens with zero attached hydrogens (tertiary/aromatic N) is 1. The molecule has 1 aliphatic heterocycles. The Balaban J connectivity index is 1.76. The topological polar surface area (TPSA) is 41.6 Å². The van der Waals surface area contributed by atoms with Gasteiger partial charge < -0.3 is 15.0 Å². The van der Waals surface area contributed by atoms with Gasteiger partial charge in [-0.2, -0.15) is 0 Å². The molecule has 1 heterocycles. The molecule has 1 amide bonds. The van der Waals surface area contributed by atoms with E-state index < -0.39 is 5.82 Å². The maximum atomic E-state index is 13.2. The van der Waals surface area contributed by atoms with Crippen LogP contribution < -0.4 is 10.1 Å². The number of carbonyl (C=O) groups excluding carboxylic acids is 1. The maximum Gasteiger partial charge on any atom is 0.226 e.